The standard InChI is InChI=1S/C17H15ClN2OS/c1-12-5-7-13(8-6-12)9-10-16(21)20-17(22)19-15-4-2-3-14(18)11-15/h2-11H,1H3,(H2,19,20,21,22)/b10-9+. The molecule has 0 aliphatic rings. The van der Waals surface area contributed by atoms with Gasteiger partial charge in [-0.05, 0) is 49.0 Å². The molecule has 0 radical (unpaired) electrons. The number of halogens is 1. The van der Waals surface area contributed by atoms with Gasteiger partial charge in [0, 0.05) is 16.8 Å². The van der Waals surface area contributed by atoms with Gasteiger partial charge in [-0.25, -0.2) is 0 Å². The zero-order valence-corrected chi connectivity index (χ0v) is 13.5. The first-order valence-corrected chi connectivity index (χ1v) is 7.44. The maximum absolute atomic E-state index is 11.8. The van der Waals surface area contributed by atoms with E-state index in [1.807, 2.05) is 37.3 Å². The molecule has 2 rings (SSSR count). The quantitative estimate of drug-likeness (QED) is 0.655. The van der Waals surface area contributed by atoms with Gasteiger partial charge in [-0.3, -0.25) is 10.1 Å². The minimum Gasteiger partial charge on any atom is -0.332 e. The summed E-state index contributed by atoms with van der Waals surface area (Å²) in [5, 5.41) is 6.30. The van der Waals surface area contributed by atoms with E-state index in [-0.39, 0.29) is 11.0 Å². The lowest BCUT2D eigenvalue weighted by molar-refractivity contribution is -0.115. The second kappa shape index (κ2) is 7.73. The normalized spacial score (nSPS) is 10.5. The van der Waals surface area contributed by atoms with E-state index in [0.29, 0.717) is 5.02 Å². The van der Waals surface area contributed by atoms with Crippen molar-refractivity contribution in [2.45, 2.75) is 6.92 Å². The van der Waals surface area contributed by atoms with Gasteiger partial charge in [-0.15, -0.1) is 0 Å². The highest BCUT2D eigenvalue weighted by Gasteiger charge is 2.02. The number of thiocarbonyl (C=S) groups is 1. The van der Waals surface area contributed by atoms with Gasteiger partial charge in [-0.2, -0.15) is 0 Å². The van der Waals surface area contributed by atoms with Crippen molar-refractivity contribution in [2.75, 3.05) is 5.32 Å². The third-order valence-corrected chi connectivity index (χ3v) is 3.26. The van der Waals surface area contributed by atoms with Crippen LogP contribution in [0.3, 0.4) is 0 Å². The third-order valence-electron chi connectivity index (χ3n) is 2.82. The Morgan fingerprint density at radius 1 is 1.18 bits per heavy atom. The zero-order chi connectivity index (χ0) is 15.9. The minimum absolute atomic E-state index is 0.223. The molecule has 2 aromatic rings. The van der Waals surface area contributed by atoms with Crippen LogP contribution in [-0.4, -0.2) is 11.0 Å². The number of nitrogens with one attached hydrogen (secondary N) is 2. The number of anilines is 1. The number of benzene rings is 2. The molecule has 0 bridgehead atoms. The van der Waals surface area contributed by atoms with Gasteiger partial charge in [0.2, 0.25) is 5.91 Å². The van der Waals surface area contributed by atoms with Gasteiger partial charge in [0.1, 0.15) is 0 Å². The number of rotatable bonds is 3. The molecule has 2 N–H and O–H groups in total. The summed E-state index contributed by atoms with van der Waals surface area (Å²) in [5.41, 5.74) is 2.85. The lowest BCUT2D eigenvalue weighted by Crippen LogP contribution is -2.32. The fourth-order valence-corrected chi connectivity index (χ4v) is 2.14. The average molecular weight is 331 g/mol. The Morgan fingerprint density at radius 2 is 1.91 bits per heavy atom. The molecule has 0 aliphatic carbocycles. The smallest absolute Gasteiger partial charge is 0.250 e. The van der Waals surface area contributed by atoms with Crippen LogP contribution in [0.15, 0.2) is 54.6 Å². The molecule has 22 heavy (non-hydrogen) atoms. The molecule has 0 fully saturated rings. The molecule has 0 saturated carbocycles. The van der Waals surface area contributed by atoms with Crippen molar-refractivity contribution < 1.29 is 4.79 Å². The maximum atomic E-state index is 11.8. The Hall–Kier alpha value is -2.17. The molecule has 112 valence electrons. The van der Waals surface area contributed by atoms with Crippen molar-refractivity contribution in [1.29, 1.82) is 0 Å². The lowest BCUT2D eigenvalue weighted by Gasteiger charge is -2.08. The SMILES string of the molecule is Cc1ccc(/C=C/C(=O)NC(=S)Nc2cccc(Cl)c2)cc1. The summed E-state index contributed by atoms with van der Waals surface area (Å²) in [6.07, 6.45) is 3.17. The highest BCUT2D eigenvalue weighted by atomic mass is 35.5. The predicted molar refractivity (Wildman–Crippen MR) is 96.0 cm³/mol. The van der Waals surface area contributed by atoms with Crippen LogP contribution in [0.25, 0.3) is 6.08 Å². The van der Waals surface area contributed by atoms with E-state index in [0.717, 1.165) is 11.3 Å². The number of carbonyl (C=O) groups is 1. The van der Waals surface area contributed by atoms with Gasteiger partial charge in [0.15, 0.2) is 5.11 Å². The van der Waals surface area contributed by atoms with Crippen LogP contribution in [0, 0.1) is 6.92 Å². The van der Waals surface area contributed by atoms with Gasteiger partial charge >= 0.3 is 0 Å². The highest BCUT2D eigenvalue weighted by molar-refractivity contribution is 7.80. The Bertz CT molecular complexity index is 711. The summed E-state index contributed by atoms with van der Waals surface area (Å²) in [6.45, 7) is 2.01. The highest BCUT2D eigenvalue weighted by Crippen LogP contribution is 2.14. The number of hydrogen-bond acceptors (Lipinski definition) is 2. The number of carbonyl (C=O) groups excluding carboxylic acids is 1. The molecule has 0 spiro atoms. The summed E-state index contributed by atoms with van der Waals surface area (Å²) in [7, 11) is 0. The lowest BCUT2D eigenvalue weighted by atomic mass is 10.1. The van der Waals surface area contributed by atoms with E-state index in [2.05, 4.69) is 10.6 Å². The van der Waals surface area contributed by atoms with E-state index in [1.165, 1.54) is 11.6 Å². The first-order chi connectivity index (χ1) is 10.5. The predicted octanol–water partition coefficient (Wildman–Crippen LogP) is 4.17. The molecular formula is C17H15ClN2OS. The van der Waals surface area contributed by atoms with E-state index in [1.54, 1.807) is 24.3 Å². The first kappa shape index (κ1) is 16.2. The molecule has 0 aliphatic heterocycles. The largest absolute Gasteiger partial charge is 0.332 e. The van der Waals surface area contributed by atoms with E-state index in [4.69, 9.17) is 23.8 Å². The molecule has 5 heteroatoms. The van der Waals surface area contributed by atoms with Crippen molar-refractivity contribution in [3.05, 3.63) is 70.8 Å². The van der Waals surface area contributed by atoms with Crippen molar-refractivity contribution in [3.8, 4) is 0 Å². The van der Waals surface area contributed by atoms with Crippen molar-refractivity contribution in [3.63, 3.8) is 0 Å². The number of amides is 1. The van der Waals surface area contributed by atoms with Gasteiger partial charge < -0.3 is 5.32 Å². The summed E-state index contributed by atoms with van der Waals surface area (Å²) in [6, 6.07) is 15.0. The van der Waals surface area contributed by atoms with Crippen LogP contribution >= 0.6 is 23.8 Å². The molecule has 1 amide bonds. The molecule has 3 nitrogen and oxygen atoms in total. The molecule has 0 heterocycles. The first-order valence-electron chi connectivity index (χ1n) is 6.65. The maximum Gasteiger partial charge on any atom is 0.250 e. The molecule has 0 aromatic heterocycles. The molecule has 0 saturated heterocycles. The number of hydrogen-bond donors (Lipinski definition) is 2. The minimum atomic E-state index is -0.292. The van der Waals surface area contributed by atoms with Gasteiger partial charge in [-0.1, -0.05) is 47.5 Å². The van der Waals surface area contributed by atoms with Crippen LogP contribution in [0.2, 0.25) is 5.02 Å². The molecule has 0 unspecified atom stereocenters. The number of aryl methyl sites for hydroxylation is 1. The second-order valence-corrected chi connectivity index (χ2v) is 5.54. The summed E-state index contributed by atoms with van der Waals surface area (Å²) < 4.78 is 0. The van der Waals surface area contributed by atoms with Crippen LogP contribution < -0.4 is 10.6 Å². The molecule has 0 atom stereocenters. The topological polar surface area (TPSA) is 41.1 Å². The van der Waals surface area contributed by atoms with E-state index in [9.17, 15) is 4.79 Å². The van der Waals surface area contributed by atoms with Crippen LogP contribution in [0.4, 0.5) is 5.69 Å². The second-order valence-electron chi connectivity index (χ2n) is 4.70. The fraction of sp³-hybridized carbons (Fsp3) is 0.0588. The van der Waals surface area contributed by atoms with Crippen LogP contribution in [0.5, 0.6) is 0 Å². The Balaban J connectivity index is 1.88. The summed E-state index contributed by atoms with van der Waals surface area (Å²) in [4.78, 5) is 11.8. The Morgan fingerprint density at radius 3 is 2.59 bits per heavy atom. The van der Waals surface area contributed by atoms with Crippen LogP contribution in [-0.2, 0) is 4.79 Å². The van der Waals surface area contributed by atoms with Gasteiger partial charge in [0.05, 0.1) is 0 Å². The third kappa shape index (κ3) is 5.31. The molecule has 2 aromatic carbocycles. The van der Waals surface area contributed by atoms with E-state index < -0.39 is 0 Å². The van der Waals surface area contributed by atoms with Crippen molar-refractivity contribution in [2.24, 2.45) is 0 Å². The van der Waals surface area contributed by atoms with E-state index >= 15 is 0 Å². The Labute approximate surface area is 140 Å². The van der Waals surface area contributed by atoms with Crippen molar-refractivity contribution >= 4 is 46.6 Å². The summed E-state index contributed by atoms with van der Waals surface area (Å²) in [5.74, 6) is -0.292. The van der Waals surface area contributed by atoms with Crippen LogP contribution in [0.1, 0.15) is 11.1 Å². The Kier molecular flexibility index (Phi) is 5.69. The van der Waals surface area contributed by atoms with Crippen molar-refractivity contribution in [1.82, 2.24) is 5.32 Å². The fourth-order valence-electron chi connectivity index (χ4n) is 1.73. The monoisotopic (exact) mass is 330 g/mol. The van der Waals surface area contributed by atoms with Gasteiger partial charge in [0.25, 0.3) is 0 Å². The average Bonchev–Trinajstić information content (AvgIpc) is 2.46. The zero-order valence-electron chi connectivity index (χ0n) is 12.0. The summed E-state index contributed by atoms with van der Waals surface area (Å²) >= 11 is 11.0. The molecular weight excluding hydrogens is 316 g/mol.